The number of rotatable bonds is 8. The Bertz CT molecular complexity index is 1210. The maximum Gasteiger partial charge on any atom is 0.254 e. The van der Waals surface area contributed by atoms with Crippen molar-refractivity contribution in [2.24, 2.45) is 11.8 Å². The molecular weight excluding hydrogens is 500 g/mol. The summed E-state index contributed by atoms with van der Waals surface area (Å²) in [5.41, 5.74) is 3.97. The zero-order valence-corrected chi connectivity index (χ0v) is 24.4. The molecule has 2 fully saturated rings. The molecule has 2 aromatic rings. The number of nitrogens with zero attached hydrogens (tertiary/aromatic N) is 3. The Balaban J connectivity index is 1.41. The van der Waals surface area contributed by atoms with E-state index in [9.17, 15) is 14.4 Å². The first-order valence-corrected chi connectivity index (χ1v) is 15.0. The molecule has 0 aromatic heterocycles. The van der Waals surface area contributed by atoms with Crippen LogP contribution in [0.4, 0.5) is 0 Å². The van der Waals surface area contributed by atoms with Gasteiger partial charge in [-0.15, -0.1) is 0 Å². The summed E-state index contributed by atoms with van der Waals surface area (Å²) in [6, 6.07) is 15.4. The van der Waals surface area contributed by atoms with Crippen molar-refractivity contribution in [1.82, 2.24) is 20.0 Å². The smallest absolute Gasteiger partial charge is 0.254 e. The van der Waals surface area contributed by atoms with Crippen molar-refractivity contribution in [3.8, 4) is 0 Å². The Kier molecular flexibility index (Phi) is 8.60. The minimum absolute atomic E-state index is 0.0172. The maximum atomic E-state index is 14.3. The lowest BCUT2D eigenvalue weighted by atomic mass is 9.85. The van der Waals surface area contributed by atoms with Crippen molar-refractivity contribution in [2.45, 2.75) is 77.0 Å². The maximum absolute atomic E-state index is 14.3. The average Bonchev–Trinajstić information content (AvgIpc) is 3.41. The molecular formula is C33H44N4O3. The Hall–Kier alpha value is -3.19. The van der Waals surface area contributed by atoms with E-state index >= 15 is 0 Å². The Labute approximate surface area is 238 Å². The molecule has 40 heavy (non-hydrogen) atoms. The highest BCUT2D eigenvalue weighted by atomic mass is 16.2. The first-order chi connectivity index (χ1) is 19.3. The second-order valence-corrected chi connectivity index (χ2v) is 12.1. The fourth-order valence-corrected chi connectivity index (χ4v) is 7.09. The molecule has 3 amide bonds. The first-order valence-electron chi connectivity index (χ1n) is 15.0. The van der Waals surface area contributed by atoms with Crippen LogP contribution in [0.5, 0.6) is 0 Å². The van der Waals surface area contributed by atoms with Crippen LogP contribution in [0.3, 0.4) is 0 Å². The second kappa shape index (κ2) is 12.1. The van der Waals surface area contributed by atoms with E-state index in [-0.39, 0.29) is 36.1 Å². The van der Waals surface area contributed by atoms with Gasteiger partial charge in [0.1, 0.15) is 12.1 Å². The van der Waals surface area contributed by atoms with Gasteiger partial charge in [-0.1, -0.05) is 69.2 Å². The molecule has 0 spiro atoms. The lowest BCUT2D eigenvalue weighted by molar-refractivity contribution is -0.154. The third-order valence-electron chi connectivity index (χ3n) is 9.57. The van der Waals surface area contributed by atoms with Gasteiger partial charge in [0.15, 0.2) is 0 Å². The number of carbonyl (C=O) groups is 3. The van der Waals surface area contributed by atoms with Crippen LogP contribution in [-0.4, -0.2) is 77.7 Å². The normalized spacial score (nSPS) is 22.2. The molecule has 214 valence electrons. The van der Waals surface area contributed by atoms with Gasteiger partial charge in [0.05, 0.1) is 0 Å². The quantitative estimate of drug-likeness (QED) is 0.547. The average molecular weight is 545 g/mol. The van der Waals surface area contributed by atoms with Crippen LogP contribution < -0.4 is 5.32 Å². The molecule has 2 atom stereocenters. The van der Waals surface area contributed by atoms with Crippen molar-refractivity contribution in [2.75, 3.05) is 27.2 Å². The van der Waals surface area contributed by atoms with Crippen LogP contribution in [0.2, 0.25) is 0 Å². The fraction of sp³-hybridized carbons (Fsp3) is 0.545. The first kappa shape index (κ1) is 28.3. The molecule has 7 nitrogen and oxygen atoms in total. The van der Waals surface area contributed by atoms with Crippen molar-refractivity contribution < 1.29 is 14.4 Å². The van der Waals surface area contributed by atoms with Crippen LogP contribution >= 0.6 is 0 Å². The van der Waals surface area contributed by atoms with E-state index in [1.165, 1.54) is 11.1 Å². The lowest BCUT2D eigenvalue weighted by Crippen LogP contribution is -2.66. The number of piperazine rings is 1. The van der Waals surface area contributed by atoms with Gasteiger partial charge >= 0.3 is 0 Å². The number of benzene rings is 2. The van der Waals surface area contributed by atoms with E-state index in [0.29, 0.717) is 11.6 Å². The van der Waals surface area contributed by atoms with E-state index in [4.69, 9.17) is 0 Å². The van der Waals surface area contributed by atoms with Gasteiger partial charge in [-0.25, -0.2) is 0 Å². The monoisotopic (exact) mass is 544 g/mol. The van der Waals surface area contributed by atoms with E-state index in [1.807, 2.05) is 41.3 Å². The molecule has 2 aromatic carbocycles. The topological polar surface area (TPSA) is 73.0 Å². The summed E-state index contributed by atoms with van der Waals surface area (Å²) in [6.07, 6.45) is 5.09. The summed E-state index contributed by atoms with van der Waals surface area (Å²) in [6.45, 7) is 5.88. The summed E-state index contributed by atoms with van der Waals surface area (Å²) >= 11 is 0. The van der Waals surface area contributed by atoms with Crippen molar-refractivity contribution in [3.63, 3.8) is 0 Å². The molecule has 0 unspecified atom stereocenters. The number of nitrogens with one attached hydrogen (secondary N) is 1. The van der Waals surface area contributed by atoms with Crippen LogP contribution in [0.15, 0.2) is 48.5 Å². The minimum Gasteiger partial charge on any atom is -0.342 e. The Morgan fingerprint density at radius 2 is 1.55 bits per heavy atom. The van der Waals surface area contributed by atoms with Crippen molar-refractivity contribution in [1.29, 1.82) is 0 Å². The molecule has 2 aliphatic heterocycles. The molecule has 0 bridgehead atoms. The fourth-order valence-electron chi connectivity index (χ4n) is 7.09. The van der Waals surface area contributed by atoms with Crippen LogP contribution in [0, 0.1) is 11.8 Å². The zero-order valence-electron chi connectivity index (χ0n) is 24.4. The van der Waals surface area contributed by atoms with E-state index < -0.39 is 12.1 Å². The SMILES string of the molecule is CCC(CC)[C@@H]1C(=O)N[C@H](C2Cc3ccccc3C2)C(=O)N1Cc1ccccc1C(=O)N1CCC(N(C)C)CC1. The summed E-state index contributed by atoms with van der Waals surface area (Å²) in [4.78, 5) is 47.7. The molecule has 1 aliphatic carbocycles. The van der Waals surface area contributed by atoms with Crippen LogP contribution in [-0.2, 0) is 29.0 Å². The molecule has 3 aliphatic rings. The van der Waals surface area contributed by atoms with Gasteiger partial charge < -0.3 is 20.0 Å². The number of likely N-dealkylation sites (tertiary alicyclic amines) is 1. The number of fused-ring (bicyclic) bond motifs is 1. The van der Waals surface area contributed by atoms with Crippen LogP contribution in [0.25, 0.3) is 0 Å². The highest BCUT2D eigenvalue weighted by Gasteiger charge is 2.47. The van der Waals surface area contributed by atoms with Crippen LogP contribution in [0.1, 0.15) is 66.6 Å². The molecule has 0 radical (unpaired) electrons. The standard InChI is InChI=1S/C33H44N4O3/c1-5-22(6-2)30-31(38)34-29(26-19-23-11-7-8-12-24(23)20-26)33(40)37(30)21-25-13-9-10-14-28(25)32(39)36-17-15-27(16-18-36)35(3)4/h7-14,22,26-27,29-30H,5-6,15-21H2,1-4H3,(H,34,38)/t29-,30-/m1/s1. The highest BCUT2D eigenvalue weighted by Crippen LogP contribution is 2.33. The number of hydrogen-bond donors (Lipinski definition) is 1. The molecule has 5 rings (SSSR count). The van der Waals surface area contributed by atoms with Crippen molar-refractivity contribution in [3.05, 3.63) is 70.8 Å². The molecule has 2 heterocycles. The summed E-state index contributed by atoms with van der Waals surface area (Å²) in [5, 5.41) is 3.15. The van der Waals surface area contributed by atoms with Gasteiger partial charge in [-0.2, -0.15) is 0 Å². The summed E-state index contributed by atoms with van der Waals surface area (Å²) < 4.78 is 0. The Morgan fingerprint density at radius 1 is 0.950 bits per heavy atom. The number of carbonyl (C=O) groups excluding carboxylic acids is 3. The van der Waals surface area contributed by atoms with E-state index in [2.05, 4.69) is 50.3 Å². The van der Waals surface area contributed by atoms with Gasteiger partial charge in [0.25, 0.3) is 5.91 Å². The third-order valence-corrected chi connectivity index (χ3v) is 9.57. The molecule has 2 saturated heterocycles. The number of piperidine rings is 1. The van der Waals surface area contributed by atoms with Gasteiger partial charge in [0, 0.05) is 31.2 Å². The lowest BCUT2D eigenvalue weighted by Gasteiger charge is -2.44. The van der Waals surface area contributed by atoms with E-state index in [1.54, 1.807) is 4.90 Å². The van der Waals surface area contributed by atoms with Crippen molar-refractivity contribution >= 4 is 17.7 Å². The van der Waals surface area contributed by atoms with Gasteiger partial charge in [-0.3, -0.25) is 14.4 Å². The molecule has 0 saturated carbocycles. The Morgan fingerprint density at radius 3 is 2.15 bits per heavy atom. The van der Waals surface area contributed by atoms with E-state index in [0.717, 1.165) is 57.2 Å². The third kappa shape index (κ3) is 5.53. The van der Waals surface area contributed by atoms with Gasteiger partial charge in [-0.05, 0) is 74.4 Å². The van der Waals surface area contributed by atoms with Gasteiger partial charge in [0.2, 0.25) is 11.8 Å². The molecule has 7 heteroatoms. The highest BCUT2D eigenvalue weighted by molar-refractivity contribution is 5.98. The number of hydrogen-bond acceptors (Lipinski definition) is 4. The zero-order chi connectivity index (χ0) is 28.4. The number of amides is 3. The predicted molar refractivity (Wildman–Crippen MR) is 157 cm³/mol. The summed E-state index contributed by atoms with van der Waals surface area (Å²) in [7, 11) is 4.19. The molecule has 1 N–H and O–H groups in total. The second-order valence-electron chi connectivity index (χ2n) is 12.1. The largest absolute Gasteiger partial charge is 0.342 e. The minimum atomic E-state index is -0.557. The summed E-state index contributed by atoms with van der Waals surface area (Å²) in [5.74, 6) is 0.0169. The predicted octanol–water partition coefficient (Wildman–Crippen LogP) is 3.90.